The first-order chi connectivity index (χ1) is 4.77. The zero-order valence-electron chi connectivity index (χ0n) is 6.13. The van der Waals surface area contributed by atoms with Crippen molar-refractivity contribution in [2.45, 2.75) is 6.92 Å². The van der Waals surface area contributed by atoms with Gasteiger partial charge in [-0.05, 0) is 0 Å². The van der Waals surface area contributed by atoms with Gasteiger partial charge in [0.1, 0.15) is 6.61 Å². The van der Waals surface area contributed by atoms with Gasteiger partial charge in [-0.3, -0.25) is 4.79 Å². The molecule has 0 atom stereocenters. The van der Waals surface area contributed by atoms with E-state index < -0.39 is 9.76 Å². The van der Waals surface area contributed by atoms with Crippen LogP contribution >= 0.6 is 0 Å². The Balaban J connectivity index is 2.90. The Morgan fingerprint density at radius 1 is 1.70 bits per heavy atom. The van der Waals surface area contributed by atoms with Gasteiger partial charge in [0.15, 0.2) is 9.76 Å². The molecule has 0 heterocycles. The van der Waals surface area contributed by atoms with E-state index in [0.29, 0.717) is 13.2 Å². The summed E-state index contributed by atoms with van der Waals surface area (Å²) in [5.41, 5.74) is 1.79. The Labute approximate surface area is 63.0 Å². The van der Waals surface area contributed by atoms with Gasteiger partial charge in [0.25, 0.3) is 0 Å². The molecule has 0 saturated carbocycles. The minimum Gasteiger partial charge on any atom is -0.463 e. The number of hydrogen-bond acceptors (Lipinski definition) is 3. The molecule has 0 aliphatic heterocycles. The topological polar surface area (TPSA) is 35.5 Å². The predicted octanol–water partition coefficient (Wildman–Crippen LogP) is -0.207. The maximum Gasteiger partial charge on any atom is 0.302 e. The molecule has 0 aromatic heterocycles. The van der Waals surface area contributed by atoms with E-state index in [9.17, 15) is 4.79 Å². The molecule has 0 N–H and O–H groups in total. The summed E-state index contributed by atoms with van der Waals surface area (Å²) in [4.78, 5) is 10.2. The van der Waals surface area contributed by atoms with Crippen LogP contribution in [0.1, 0.15) is 6.92 Å². The second kappa shape index (κ2) is 6.51. The first-order valence-corrected chi connectivity index (χ1v) is 4.48. The average molecular weight is 160 g/mol. The number of carbonyl (C=O) groups excluding carboxylic acids is 1. The second-order valence-electron chi connectivity index (χ2n) is 1.70. The smallest absolute Gasteiger partial charge is 0.302 e. The molecule has 10 heavy (non-hydrogen) atoms. The summed E-state index contributed by atoms with van der Waals surface area (Å²) >= 11 is 0. The molecule has 0 spiro atoms. The van der Waals surface area contributed by atoms with Crippen LogP contribution in [0.15, 0.2) is 12.3 Å². The normalized spacial score (nSPS) is 10.1. The number of carbonyl (C=O) groups is 1. The van der Waals surface area contributed by atoms with Crippen molar-refractivity contribution in [2.75, 3.05) is 13.2 Å². The Kier molecular flexibility index (Phi) is 6.11. The number of esters is 1. The molecule has 0 rings (SSSR count). The highest BCUT2D eigenvalue weighted by molar-refractivity contribution is 6.33. The van der Waals surface area contributed by atoms with Crippen molar-refractivity contribution in [2.24, 2.45) is 0 Å². The summed E-state index contributed by atoms with van der Waals surface area (Å²) in [5, 5.41) is 0. The van der Waals surface area contributed by atoms with Crippen LogP contribution in [0.25, 0.3) is 0 Å². The summed E-state index contributed by atoms with van der Waals surface area (Å²) in [6.07, 6.45) is 0. The van der Waals surface area contributed by atoms with Crippen molar-refractivity contribution in [3.8, 4) is 0 Å². The Morgan fingerprint density at radius 3 is 2.90 bits per heavy atom. The van der Waals surface area contributed by atoms with Crippen LogP contribution in [0.5, 0.6) is 0 Å². The fourth-order valence-electron chi connectivity index (χ4n) is 0.411. The molecular formula is C6H12O3Si. The summed E-state index contributed by atoms with van der Waals surface area (Å²) in [6.45, 7) is 5.76. The standard InChI is InChI=1S/C6H12O3Si/c1-3-10-9-5-4-8-6(2)7/h3H,1,4-5,10H2,2H3. The largest absolute Gasteiger partial charge is 0.463 e. The molecule has 0 fully saturated rings. The Hall–Kier alpha value is -0.613. The van der Waals surface area contributed by atoms with Crippen molar-refractivity contribution < 1.29 is 14.0 Å². The molecule has 0 aromatic carbocycles. The lowest BCUT2D eigenvalue weighted by Gasteiger charge is -2.00. The van der Waals surface area contributed by atoms with Crippen LogP contribution < -0.4 is 0 Å². The van der Waals surface area contributed by atoms with Crippen molar-refractivity contribution in [1.82, 2.24) is 0 Å². The average Bonchev–Trinajstić information content (AvgIpc) is 1.87. The van der Waals surface area contributed by atoms with E-state index in [0.717, 1.165) is 0 Å². The number of rotatable bonds is 5. The molecule has 0 radical (unpaired) electrons. The summed E-state index contributed by atoms with van der Waals surface area (Å²) in [5.74, 6) is -0.260. The fraction of sp³-hybridized carbons (Fsp3) is 0.500. The number of hydrogen-bond donors (Lipinski definition) is 0. The first kappa shape index (κ1) is 9.39. The van der Waals surface area contributed by atoms with Crippen LogP contribution in [0.3, 0.4) is 0 Å². The van der Waals surface area contributed by atoms with Gasteiger partial charge in [0.2, 0.25) is 0 Å². The van der Waals surface area contributed by atoms with Crippen LogP contribution in [-0.2, 0) is 14.0 Å². The van der Waals surface area contributed by atoms with Gasteiger partial charge in [-0.25, -0.2) is 0 Å². The SMILES string of the molecule is C=C[SiH2]OCCOC(C)=O. The number of ether oxygens (including phenoxy) is 1. The van der Waals surface area contributed by atoms with E-state index in [2.05, 4.69) is 11.3 Å². The molecule has 0 bridgehead atoms. The first-order valence-electron chi connectivity index (χ1n) is 3.09. The summed E-state index contributed by atoms with van der Waals surface area (Å²) in [7, 11) is -0.551. The van der Waals surface area contributed by atoms with Gasteiger partial charge in [0, 0.05) is 6.92 Å². The molecule has 0 amide bonds. The summed E-state index contributed by atoms with van der Waals surface area (Å²) in [6, 6.07) is 0. The highest BCUT2D eigenvalue weighted by Crippen LogP contribution is 1.77. The van der Waals surface area contributed by atoms with Crippen molar-refractivity contribution in [3.05, 3.63) is 12.3 Å². The molecule has 4 heteroatoms. The molecule has 58 valence electrons. The van der Waals surface area contributed by atoms with E-state index in [1.54, 1.807) is 5.70 Å². The molecule has 0 aliphatic rings. The molecule has 0 aliphatic carbocycles. The van der Waals surface area contributed by atoms with E-state index in [4.69, 9.17) is 4.43 Å². The van der Waals surface area contributed by atoms with Gasteiger partial charge in [-0.2, -0.15) is 0 Å². The molecule has 0 aromatic rings. The maximum atomic E-state index is 10.2. The zero-order chi connectivity index (χ0) is 7.82. The van der Waals surface area contributed by atoms with Gasteiger partial charge in [-0.1, -0.05) is 5.70 Å². The monoisotopic (exact) mass is 160 g/mol. The Morgan fingerprint density at radius 2 is 2.40 bits per heavy atom. The van der Waals surface area contributed by atoms with Crippen molar-refractivity contribution >= 4 is 15.7 Å². The van der Waals surface area contributed by atoms with E-state index in [1.807, 2.05) is 0 Å². The minimum atomic E-state index is -0.551. The van der Waals surface area contributed by atoms with Crippen LogP contribution in [0, 0.1) is 0 Å². The van der Waals surface area contributed by atoms with Crippen molar-refractivity contribution in [1.29, 1.82) is 0 Å². The zero-order valence-corrected chi connectivity index (χ0v) is 7.54. The lowest BCUT2D eigenvalue weighted by molar-refractivity contribution is -0.141. The second-order valence-corrected chi connectivity index (χ2v) is 3.02. The molecule has 0 saturated heterocycles. The third kappa shape index (κ3) is 7.39. The van der Waals surface area contributed by atoms with E-state index >= 15 is 0 Å². The van der Waals surface area contributed by atoms with Gasteiger partial charge in [0.05, 0.1) is 6.61 Å². The fourth-order valence-corrected chi connectivity index (χ4v) is 0.862. The third-order valence-corrected chi connectivity index (χ3v) is 1.53. The van der Waals surface area contributed by atoms with E-state index in [1.165, 1.54) is 6.92 Å². The minimum absolute atomic E-state index is 0.260. The molecule has 3 nitrogen and oxygen atoms in total. The highest BCUT2D eigenvalue weighted by Gasteiger charge is 1.90. The van der Waals surface area contributed by atoms with Gasteiger partial charge >= 0.3 is 5.97 Å². The van der Waals surface area contributed by atoms with Crippen LogP contribution in [-0.4, -0.2) is 28.9 Å². The van der Waals surface area contributed by atoms with Crippen LogP contribution in [0.2, 0.25) is 0 Å². The molecule has 0 unspecified atom stereocenters. The van der Waals surface area contributed by atoms with Crippen LogP contribution in [0.4, 0.5) is 0 Å². The van der Waals surface area contributed by atoms with Crippen molar-refractivity contribution in [3.63, 3.8) is 0 Å². The third-order valence-electron chi connectivity index (χ3n) is 0.769. The highest BCUT2D eigenvalue weighted by atomic mass is 28.2. The lowest BCUT2D eigenvalue weighted by Crippen LogP contribution is -2.08. The van der Waals surface area contributed by atoms with Gasteiger partial charge < -0.3 is 9.16 Å². The van der Waals surface area contributed by atoms with E-state index in [-0.39, 0.29) is 5.97 Å². The Bertz CT molecular complexity index is 114. The lowest BCUT2D eigenvalue weighted by atomic mass is 10.7. The quantitative estimate of drug-likeness (QED) is 0.317. The molecular weight excluding hydrogens is 148 g/mol. The maximum absolute atomic E-state index is 10.2. The predicted molar refractivity (Wildman–Crippen MR) is 41.3 cm³/mol. The summed E-state index contributed by atoms with van der Waals surface area (Å²) < 4.78 is 9.69. The van der Waals surface area contributed by atoms with Gasteiger partial charge in [-0.15, -0.1) is 6.58 Å².